The number of nitrogens with one attached hydrogen (secondary N) is 2. The van der Waals surface area contributed by atoms with Gasteiger partial charge in [-0.3, -0.25) is 9.59 Å². The van der Waals surface area contributed by atoms with Crippen LogP contribution in [0.25, 0.3) is 0 Å². The van der Waals surface area contributed by atoms with Crippen molar-refractivity contribution in [1.29, 1.82) is 0 Å². The highest BCUT2D eigenvalue weighted by molar-refractivity contribution is 6.04. The van der Waals surface area contributed by atoms with E-state index in [0.717, 1.165) is 5.56 Å². The maximum absolute atomic E-state index is 12.5. The average Bonchev–Trinajstić information content (AvgIpc) is 3.54. The van der Waals surface area contributed by atoms with Crippen molar-refractivity contribution in [2.24, 2.45) is 11.8 Å². The summed E-state index contributed by atoms with van der Waals surface area (Å²) in [6, 6.07) is 14.1. The lowest BCUT2D eigenvalue weighted by molar-refractivity contribution is -0.125. The summed E-state index contributed by atoms with van der Waals surface area (Å²) in [4.78, 5) is 37.0. The largest absolute Gasteiger partial charge is 0.496 e. The molecule has 2 atom stereocenters. The van der Waals surface area contributed by atoms with Crippen molar-refractivity contribution in [2.45, 2.75) is 19.9 Å². The lowest BCUT2D eigenvalue weighted by Gasteiger charge is -2.11. The molecule has 1 aliphatic carbocycles. The van der Waals surface area contributed by atoms with Crippen molar-refractivity contribution >= 4 is 23.5 Å². The first-order valence-electron chi connectivity index (χ1n) is 9.51. The second-order valence-electron chi connectivity index (χ2n) is 6.73. The zero-order valence-electron chi connectivity index (χ0n) is 16.4. The molecule has 0 radical (unpaired) electrons. The third-order valence-corrected chi connectivity index (χ3v) is 4.79. The van der Waals surface area contributed by atoms with Gasteiger partial charge in [-0.25, -0.2) is 4.79 Å². The summed E-state index contributed by atoms with van der Waals surface area (Å²) < 4.78 is 10.3. The fourth-order valence-electron chi connectivity index (χ4n) is 3.14. The van der Waals surface area contributed by atoms with Crippen LogP contribution in [0.4, 0.5) is 5.69 Å². The van der Waals surface area contributed by atoms with E-state index in [1.54, 1.807) is 38.3 Å². The summed E-state index contributed by atoms with van der Waals surface area (Å²) >= 11 is 0. The first kappa shape index (κ1) is 20.4. The van der Waals surface area contributed by atoms with Crippen LogP contribution in [0.3, 0.4) is 0 Å². The molecule has 1 saturated carbocycles. The summed E-state index contributed by atoms with van der Waals surface area (Å²) in [5, 5.41) is 5.61. The predicted octanol–water partition coefficient (Wildman–Crippen LogP) is 2.76. The number of amides is 2. The van der Waals surface area contributed by atoms with Crippen LogP contribution in [0.15, 0.2) is 48.5 Å². The number of hydrogen-bond acceptors (Lipinski definition) is 5. The van der Waals surface area contributed by atoms with Crippen LogP contribution in [0.5, 0.6) is 5.75 Å². The molecule has 0 heterocycles. The van der Waals surface area contributed by atoms with E-state index in [9.17, 15) is 14.4 Å². The topological polar surface area (TPSA) is 93.7 Å². The maximum Gasteiger partial charge on any atom is 0.340 e. The number of carbonyl (C=O) groups excluding carboxylic acids is 3. The lowest BCUT2D eigenvalue weighted by atomic mass is 10.1. The quantitative estimate of drug-likeness (QED) is 0.669. The first-order valence-corrected chi connectivity index (χ1v) is 9.51. The van der Waals surface area contributed by atoms with Gasteiger partial charge in [-0.2, -0.15) is 0 Å². The minimum Gasteiger partial charge on any atom is -0.496 e. The molecule has 0 aliphatic heterocycles. The standard InChI is InChI=1S/C22H24N2O5/c1-3-29-22(27)15-9-5-6-10-18(15)24-21(26)17-12-16(17)20(25)23-13-14-8-4-7-11-19(14)28-2/h4-11,16-17H,3,12-13H2,1-2H3,(H,23,25)(H,24,26). The van der Waals surface area contributed by atoms with Crippen LogP contribution in [-0.2, 0) is 20.9 Å². The molecule has 2 N–H and O–H groups in total. The molecule has 1 aliphatic rings. The van der Waals surface area contributed by atoms with Crippen LogP contribution in [0.2, 0.25) is 0 Å². The molecule has 3 rings (SSSR count). The highest BCUT2D eigenvalue weighted by Gasteiger charge is 2.48. The Morgan fingerprint density at radius 2 is 1.69 bits per heavy atom. The summed E-state index contributed by atoms with van der Waals surface area (Å²) in [7, 11) is 1.58. The van der Waals surface area contributed by atoms with Crippen molar-refractivity contribution in [3.63, 3.8) is 0 Å². The van der Waals surface area contributed by atoms with Crippen molar-refractivity contribution in [2.75, 3.05) is 19.0 Å². The first-order chi connectivity index (χ1) is 14.0. The van der Waals surface area contributed by atoms with E-state index in [0.29, 0.717) is 30.0 Å². The van der Waals surface area contributed by atoms with E-state index in [2.05, 4.69) is 10.6 Å². The molecule has 2 unspecified atom stereocenters. The maximum atomic E-state index is 12.5. The van der Waals surface area contributed by atoms with Crippen LogP contribution in [0.1, 0.15) is 29.3 Å². The van der Waals surface area contributed by atoms with Gasteiger partial charge >= 0.3 is 5.97 Å². The third-order valence-electron chi connectivity index (χ3n) is 4.79. The molecule has 7 nitrogen and oxygen atoms in total. The number of carbonyl (C=O) groups is 3. The van der Waals surface area contributed by atoms with E-state index >= 15 is 0 Å². The Labute approximate surface area is 169 Å². The Morgan fingerprint density at radius 1 is 1.00 bits per heavy atom. The van der Waals surface area contributed by atoms with Gasteiger partial charge in [0.05, 0.1) is 36.8 Å². The number of benzene rings is 2. The SMILES string of the molecule is CCOC(=O)c1ccccc1NC(=O)C1CC1C(=O)NCc1ccccc1OC. The van der Waals surface area contributed by atoms with Gasteiger partial charge in [0.15, 0.2) is 0 Å². The Balaban J connectivity index is 1.56. The van der Waals surface area contributed by atoms with Gasteiger partial charge in [-0.05, 0) is 31.5 Å². The number of para-hydroxylation sites is 2. The summed E-state index contributed by atoms with van der Waals surface area (Å²) in [5.41, 5.74) is 1.55. The molecule has 0 aromatic heterocycles. The van der Waals surface area contributed by atoms with E-state index < -0.39 is 11.9 Å². The van der Waals surface area contributed by atoms with Gasteiger partial charge in [0.1, 0.15) is 5.75 Å². The normalized spacial score (nSPS) is 17.2. The molecule has 7 heteroatoms. The molecule has 29 heavy (non-hydrogen) atoms. The highest BCUT2D eigenvalue weighted by Crippen LogP contribution is 2.40. The number of rotatable bonds is 8. The van der Waals surface area contributed by atoms with Crippen LogP contribution < -0.4 is 15.4 Å². The molecule has 152 valence electrons. The fraction of sp³-hybridized carbons (Fsp3) is 0.318. The number of methoxy groups -OCH3 is 1. The van der Waals surface area contributed by atoms with Crippen LogP contribution >= 0.6 is 0 Å². The zero-order chi connectivity index (χ0) is 20.8. The van der Waals surface area contributed by atoms with Crippen LogP contribution in [-0.4, -0.2) is 31.5 Å². The minimum atomic E-state index is -0.495. The summed E-state index contributed by atoms with van der Waals surface area (Å²) in [6.45, 7) is 2.30. The fourth-order valence-corrected chi connectivity index (χ4v) is 3.14. The van der Waals surface area contributed by atoms with Gasteiger partial charge in [0, 0.05) is 12.1 Å². The van der Waals surface area contributed by atoms with Crippen molar-refractivity contribution in [3.05, 3.63) is 59.7 Å². The molecular formula is C22H24N2O5. The third kappa shape index (κ3) is 4.93. The summed E-state index contributed by atoms with van der Waals surface area (Å²) in [6.07, 6.45) is 0.477. The Kier molecular flexibility index (Phi) is 6.49. The van der Waals surface area contributed by atoms with Crippen molar-refractivity contribution < 1.29 is 23.9 Å². The zero-order valence-corrected chi connectivity index (χ0v) is 16.4. The Bertz CT molecular complexity index is 912. The molecule has 1 fully saturated rings. The minimum absolute atomic E-state index is 0.172. The summed E-state index contributed by atoms with van der Waals surface area (Å²) in [5.74, 6) is -1.03. The van der Waals surface area contributed by atoms with E-state index in [-0.39, 0.29) is 24.3 Å². The molecule has 0 bridgehead atoms. The van der Waals surface area contributed by atoms with Crippen LogP contribution in [0, 0.1) is 11.8 Å². The molecule has 2 amide bonds. The molecule has 2 aromatic rings. The highest BCUT2D eigenvalue weighted by atomic mass is 16.5. The number of hydrogen-bond donors (Lipinski definition) is 2. The van der Waals surface area contributed by atoms with Gasteiger partial charge in [-0.1, -0.05) is 30.3 Å². The smallest absolute Gasteiger partial charge is 0.340 e. The van der Waals surface area contributed by atoms with E-state index in [1.165, 1.54) is 0 Å². The van der Waals surface area contributed by atoms with Crippen molar-refractivity contribution in [3.8, 4) is 5.75 Å². The number of ether oxygens (including phenoxy) is 2. The monoisotopic (exact) mass is 396 g/mol. The second-order valence-corrected chi connectivity index (χ2v) is 6.73. The average molecular weight is 396 g/mol. The molecule has 0 spiro atoms. The van der Waals surface area contributed by atoms with Gasteiger partial charge in [0.25, 0.3) is 0 Å². The van der Waals surface area contributed by atoms with Gasteiger partial charge in [0.2, 0.25) is 11.8 Å². The van der Waals surface area contributed by atoms with Gasteiger partial charge in [-0.15, -0.1) is 0 Å². The molecular weight excluding hydrogens is 372 g/mol. The molecule has 2 aromatic carbocycles. The van der Waals surface area contributed by atoms with Crippen molar-refractivity contribution in [1.82, 2.24) is 5.32 Å². The Morgan fingerprint density at radius 3 is 2.45 bits per heavy atom. The van der Waals surface area contributed by atoms with Gasteiger partial charge < -0.3 is 20.1 Å². The predicted molar refractivity (Wildman–Crippen MR) is 107 cm³/mol. The lowest BCUT2D eigenvalue weighted by Crippen LogP contribution is -2.27. The van der Waals surface area contributed by atoms with E-state index in [1.807, 2.05) is 24.3 Å². The molecule has 0 saturated heterocycles. The number of anilines is 1. The van der Waals surface area contributed by atoms with E-state index in [4.69, 9.17) is 9.47 Å². The number of esters is 1. The Hall–Kier alpha value is -3.35. The second kappa shape index (κ2) is 9.23.